The Kier molecular flexibility index (Phi) is 11.8. The number of hydrogen-bond acceptors (Lipinski definition) is 3. The van der Waals surface area contributed by atoms with Gasteiger partial charge >= 0.3 is 12.1 Å². The summed E-state index contributed by atoms with van der Waals surface area (Å²) in [7, 11) is 0. The lowest BCUT2D eigenvalue weighted by atomic mass is 9.96. The number of carbonyl (C=O) groups is 1. The molecule has 0 aliphatic carbocycles. The van der Waals surface area contributed by atoms with Crippen LogP contribution in [0.2, 0.25) is 5.02 Å². The van der Waals surface area contributed by atoms with Gasteiger partial charge in [-0.2, -0.15) is 13.2 Å². The van der Waals surface area contributed by atoms with Crippen LogP contribution in [0.25, 0.3) is 11.1 Å². The number of halogens is 4. The van der Waals surface area contributed by atoms with E-state index < -0.39 is 11.7 Å². The van der Waals surface area contributed by atoms with E-state index in [-0.39, 0.29) is 5.97 Å². The van der Waals surface area contributed by atoms with E-state index >= 15 is 0 Å². The van der Waals surface area contributed by atoms with Crippen molar-refractivity contribution in [3.8, 4) is 11.1 Å². The Balaban J connectivity index is 1.24. The number of unbranched alkanes of at least 4 members (excludes halogenated alkanes) is 1. The number of benzene rings is 4. The Morgan fingerprint density at radius 1 is 0.767 bits per heavy atom. The van der Waals surface area contributed by atoms with Crippen molar-refractivity contribution in [1.82, 2.24) is 5.32 Å². The van der Waals surface area contributed by atoms with Crippen LogP contribution in [-0.2, 0) is 36.6 Å². The minimum absolute atomic E-state index is 0.269. The molecule has 0 heterocycles. The Labute approximate surface area is 257 Å². The number of nitrogens with one attached hydrogen (secondary N) is 1. The smallest absolute Gasteiger partial charge is 0.416 e. The summed E-state index contributed by atoms with van der Waals surface area (Å²) in [5.41, 5.74) is 6.13. The highest BCUT2D eigenvalue weighted by atomic mass is 35.5. The lowest BCUT2D eigenvalue weighted by Crippen LogP contribution is -2.20. The average molecular weight is 608 g/mol. The lowest BCUT2D eigenvalue weighted by molar-refractivity contribution is -0.137. The first-order chi connectivity index (χ1) is 20.7. The number of carbonyl (C=O) groups excluding carboxylic acids is 1. The third kappa shape index (κ3) is 9.70. The van der Waals surface area contributed by atoms with Gasteiger partial charge in [0.2, 0.25) is 0 Å². The van der Waals surface area contributed by atoms with Gasteiger partial charge < -0.3 is 10.1 Å². The van der Waals surface area contributed by atoms with Crippen molar-refractivity contribution in [1.29, 1.82) is 0 Å². The molecule has 0 aliphatic rings. The van der Waals surface area contributed by atoms with Crippen LogP contribution in [0.5, 0.6) is 0 Å². The molecule has 0 amide bonds. The van der Waals surface area contributed by atoms with E-state index in [1.54, 1.807) is 0 Å². The molecule has 4 aromatic carbocycles. The molecule has 0 saturated carbocycles. The largest absolute Gasteiger partial charge is 0.462 e. The number of aryl methyl sites for hydroxylation is 2. The van der Waals surface area contributed by atoms with E-state index in [1.807, 2.05) is 48.5 Å². The van der Waals surface area contributed by atoms with Crippen molar-refractivity contribution < 1.29 is 22.7 Å². The molecule has 0 unspecified atom stereocenters. The number of esters is 1. The van der Waals surface area contributed by atoms with Gasteiger partial charge in [-0.05, 0) is 109 Å². The van der Waals surface area contributed by atoms with Gasteiger partial charge in [-0.15, -0.1) is 0 Å². The molecule has 0 aliphatic heterocycles. The van der Waals surface area contributed by atoms with Crippen molar-refractivity contribution in [2.75, 3.05) is 19.7 Å². The van der Waals surface area contributed by atoms with Gasteiger partial charge in [-0.1, -0.05) is 85.6 Å². The van der Waals surface area contributed by atoms with Crippen LogP contribution < -0.4 is 5.32 Å². The van der Waals surface area contributed by atoms with E-state index in [4.69, 9.17) is 16.3 Å². The average Bonchev–Trinajstić information content (AvgIpc) is 3.01. The van der Waals surface area contributed by atoms with Crippen LogP contribution in [0.3, 0.4) is 0 Å². The Morgan fingerprint density at radius 3 is 2.05 bits per heavy atom. The van der Waals surface area contributed by atoms with Crippen LogP contribution in [0.4, 0.5) is 13.2 Å². The highest BCUT2D eigenvalue weighted by Gasteiger charge is 2.30. The molecule has 4 aromatic rings. The number of ether oxygens (including phenoxy) is 1. The third-order valence-corrected chi connectivity index (χ3v) is 7.81. The van der Waals surface area contributed by atoms with Crippen molar-refractivity contribution in [2.45, 2.75) is 51.6 Å². The second-order valence-corrected chi connectivity index (χ2v) is 11.0. The zero-order chi connectivity index (χ0) is 30.7. The second kappa shape index (κ2) is 15.7. The monoisotopic (exact) mass is 607 g/mol. The predicted octanol–water partition coefficient (Wildman–Crippen LogP) is 9.14. The normalized spacial score (nSPS) is 11.5. The molecule has 1 N–H and O–H groups in total. The van der Waals surface area contributed by atoms with Gasteiger partial charge in [0.15, 0.2) is 0 Å². The van der Waals surface area contributed by atoms with Crippen molar-refractivity contribution in [3.63, 3.8) is 0 Å². The molecule has 0 fully saturated rings. The minimum atomic E-state index is -4.35. The van der Waals surface area contributed by atoms with E-state index in [0.717, 1.165) is 74.9 Å². The van der Waals surface area contributed by atoms with E-state index in [1.165, 1.54) is 28.8 Å². The first-order valence-corrected chi connectivity index (χ1v) is 15.1. The van der Waals surface area contributed by atoms with Crippen molar-refractivity contribution in [3.05, 3.63) is 129 Å². The van der Waals surface area contributed by atoms with Gasteiger partial charge in [0.25, 0.3) is 0 Å². The molecule has 0 radical (unpaired) electrons. The first kappa shape index (κ1) is 32.3. The number of hydrogen-bond donors (Lipinski definition) is 1. The van der Waals surface area contributed by atoms with Crippen molar-refractivity contribution in [2.24, 2.45) is 0 Å². The fraction of sp³-hybridized carbons (Fsp3) is 0.306. The Hall–Kier alpha value is -3.61. The molecule has 3 nitrogen and oxygen atoms in total. The highest BCUT2D eigenvalue weighted by molar-refractivity contribution is 6.31. The summed E-state index contributed by atoms with van der Waals surface area (Å²) in [6.45, 7) is 4.21. The molecular weight excluding hydrogens is 571 g/mol. The summed E-state index contributed by atoms with van der Waals surface area (Å²) in [4.78, 5) is 12.1. The topological polar surface area (TPSA) is 38.3 Å². The van der Waals surface area contributed by atoms with Crippen LogP contribution in [0, 0.1) is 0 Å². The molecule has 226 valence electrons. The summed E-state index contributed by atoms with van der Waals surface area (Å²) in [6.07, 6.45) is 0.882. The minimum Gasteiger partial charge on any atom is -0.462 e. The molecule has 0 saturated heterocycles. The predicted molar refractivity (Wildman–Crippen MR) is 168 cm³/mol. The third-order valence-electron chi connectivity index (χ3n) is 7.46. The zero-order valence-corrected chi connectivity index (χ0v) is 25.1. The molecule has 4 rings (SSSR count). The summed E-state index contributed by atoms with van der Waals surface area (Å²) < 4.78 is 43.9. The number of alkyl halides is 3. The molecule has 43 heavy (non-hydrogen) atoms. The summed E-state index contributed by atoms with van der Waals surface area (Å²) in [5, 5.41) is 4.13. The Bertz CT molecular complexity index is 1470. The molecule has 0 bridgehead atoms. The van der Waals surface area contributed by atoms with Gasteiger partial charge in [0.05, 0.1) is 17.7 Å². The maximum Gasteiger partial charge on any atom is 0.416 e. The lowest BCUT2D eigenvalue weighted by Gasteiger charge is -2.12. The van der Waals surface area contributed by atoms with Crippen LogP contribution >= 0.6 is 11.6 Å². The fourth-order valence-corrected chi connectivity index (χ4v) is 5.15. The quantitative estimate of drug-likeness (QED) is 0.115. The zero-order valence-electron chi connectivity index (χ0n) is 24.4. The van der Waals surface area contributed by atoms with Gasteiger partial charge in [0, 0.05) is 5.02 Å². The molecular formula is C36H37ClF3NO2. The fourth-order valence-electron chi connectivity index (χ4n) is 4.88. The molecule has 7 heteroatoms. The first-order valence-electron chi connectivity index (χ1n) is 14.7. The second-order valence-electron chi connectivity index (χ2n) is 10.6. The van der Waals surface area contributed by atoms with Crippen LogP contribution in [-0.4, -0.2) is 25.7 Å². The Morgan fingerprint density at radius 2 is 1.40 bits per heavy atom. The molecule has 0 spiro atoms. The van der Waals surface area contributed by atoms with Gasteiger partial charge in [0.1, 0.15) is 0 Å². The molecule has 0 aromatic heterocycles. The number of rotatable bonds is 14. The summed E-state index contributed by atoms with van der Waals surface area (Å²) >= 11 is 6.59. The van der Waals surface area contributed by atoms with Gasteiger partial charge in [-0.3, -0.25) is 0 Å². The van der Waals surface area contributed by atoms with Crippen LogP contribution in [0.1, 0.15) is 57.9 Å². The SMILES string of the molecule is CCCCOC(=O)c1ccc(CCNCCc2ccccc2CCc2ccc(-c3ccc(C(F)(F)F)cc3)cc2Cl)cc1. The highest BCUT2D eigenvalue weighted by Crippen LogP contribution is 2.32. The van der Waals surface area contributed by atoms with Crippen LogP contribution in [0.15, 0.2) is 91.0 Å². The van der Waals surface area contributed by atoms with E-state index in [0.29, 0.717) is 22.8 Å². The summed E-state index contributed by atoms with van der Waals surface area (Å²) in [5.74, 6) is -0.269. The summed E-state index contributed by atoms with van der Waals surface area (Å²) in [6, 6.07) is 26.8. The van der Waals surface area contributed by atoms with Gasteiger partial charge in [-0.25, -0.2) is 4.79 Å². The van der Waals surface area contributed by atoms with E-state index in [9.17, 15) is 18.0 Å². The van der Waals surface area contributed by atoms with Crippen molar-refractivity contribution >= 4 is 17.6 Å². The molecule has 0 atom stereocenters. The maximum atomic E-state index is 12.9. The standard InChI is InChI=1S/C36H37ClF3NO2/c1-2-3-24-43-35(42)31-10-8-26(9-11-31)20-22-41-23-21-28-7-5-4-6-27(28)12-13-30-14-15-32(25-34(30)37)29-16-18-33(19-17-29)36(38,39)40/h4-11,14-19,25,41H,2-3,12-13,20-24H2,1H3. The van der Waals surface area contributed by atoms with E-state index in [2.05, 4.69) is 30.4 Å². The maximum absolute atomic E-state index is 12.9.